The van der Waals surface area contributed by atoms with Gasteiger partial charge in [0.15, 0.2) is 23.0 Å². The highest BCUT2D eigenvalue weighted by atomic mass is 32.2. The van der Waals surface area contributed by atoms with E-state index in [2.05, 4.69) is 0 Å². The molecule has 0 aliphatic heterocycles. The van der Waals surface area contributed by atoms with E-state index in [-0.39, 0.29) is 46.0 Å². The van der Waals surface area contributed by atoms with Crippen molar-refractivity contribution < 1.29 is 50.4 Å². The number of rotatable bonds is 20. The second-order valence-corrected chi connectivity index (χ2v) is 19.6. The smallest absolute Gasteiger partial charge is 0.309 e. The van der Waals surface area contributed by atoms with Gasteiger partial charge >= 0.3 is 40.5 Å². The van der Waals surface area contributed by atoms with Gasteiger partial charge in [-0.15, -0.1) is 0 Å². The minimum atomic E-state index is -4.10. The van der Waals surface area contributed by atoms with Gasteiger partial charge in [0.2, 0.25) is 0 Å². The molecule has 1 spiro atoms. The maximum Gasteiger partial charge on any atom is 0.309 e. The van der Waals surface area contributed by atoms with E-state index in [4.69, 9.17) is 16.7 Å². The first-order valence-electron chi connectivity index (χ1n) is 17.0. The van der Waals surface area contributed by atoms with Crippen molar-refractivity contribution in [2.24, 2.45) is 0 Å². The van der Waals surface area contributed by atoms with E-state index < -0.39 is 45.9 Å². The lowest BCUT2D eigenvalue weighted by atomic mass is 9.76. The Bertz CT molecular complexity index is 1790. The third-order valence-corrected chi connectivity index (χ3v) is 13.8. The molecule has 0 heterocycles. The first-order chi connectivity index (χ1) is 23.0. The predicted octanol–water partition coefficient (Wildman–Crippen LogP) is 5.90. The van der Waals surface area contributed by atoms with E-state index in [1.807, 2.05) is 27.7 Å². The average molecular weight is 765 g/mol. The third-order valence-electron chi connectivity index (χ3n) is 8.87. The number of unbranched alkanes of at least 4 members (excludes halogenated alkanes) is 4. The predicted molar refractivity (Wildman–Crippen MR) is 188 cm³/mol. The monoisotopic (exact) mass is 764 g/mol. The molecule has 49 heavy (non-hydrogen) atoms. The molecule has 0 amide bonds. The van der Waals surface area contributed by atoms with Crippen molar-refractivity contribution in [2.45, 2.75) is 110 Å². The van der Waals surface area contributed by atoms with E-state index >= 15 is 0 Å². The number of aryl methyl sites for hydroxylation is 2. The van der Waals surface area contributed by atoms with Crippen LogP contribution >= 0.6 is 0 Å². The fourth-order valence-electron chi connectivity index (χ4n) is 6.27. The van der Waals surface area contributed by atoms with Crippen LogP contribution in [0.4, 0.5) is 0 Å². The topological polar surface area (TPSA) is 173 Å². The average Bonchev–Trinajstić information content (AvgIpc) is 3.56. The zero-order valence-electron chi connectivity index (χ0n) is 28.7. The summed E-state index contributed by atoms with van der Waals surface area (Å²) in [5.41, 5.74) is 2.09. The quantitative estimate of drug-likeness (QED) is 0.146. The Hall–Kier alpha value is -2.56. The molecule has 2 aromatic rings. The molecule has 0 saturated carbocycles. The highest BCUT2D eigenvalue weighted by Crippen LogP contribution is 2.56. The molecule has 2 aliphatic rings. The molecule has 0 fully saturated rings. The molecule has 276 valence electrons. The molecule has 0 radical (unpaired) electrons. The van der Waals surface area contributed by atoms with Crippen molar-refractivity contribution in [1.29, 1.82) is 0 Å². The van der Waals surface area contributed by atoms with Crippen LogP contribution in [0.3, 0.4) is 0 Å². The Morgan fingerprint density at radius 3 is 1.00 bits per heavy atom. The SMILES string of the molecule is CCCCS(=O)(=O)Oc1cc2c(cc1OS(=O)(=O)CCCC)C1(CC2)CCc2cc(OS(=O)(=O)CCCC)c(OS(=O)(=O)CCCC)cc21. The van der Waals surface area contributed by atoms with Crippen LogP contribution in [0.2, 0.25) is 0 Å². The minimum absolute atomic E-state index is 0.211. The Morgan fingerprint density at radius 1 is 0.469 bits per heavy atom. The lowest BCUT2D eigenvalue weighted by Gasteiger charge is -2.28. The first kappa shape index (κ1) is 39.2. The summed E-state index contributed by atoms with van der Waals surface area (Å²) < 4.78 is 125. The molecule has 0 unspecified atom stereocenters. The molecule has 0 N–H and O–H groups in total. The van der Waals surface area contributed by atoms with Crippen molar-refractivity contribution >= 4 is 40.5 Å². The molecule has 16 heteroatoms. The molecule has 0 saturated heterocycles. The molecular formula is C33H48O12S4. The fourth-order valence-corrected chi connectivity index (χ4v) is 10.8. The second kappa shape index (κ2) is 15.8. The van der Waals surface area contributed by atoms with E-state index in [1.54, 1.807) is 0 Å². The van der Waals surface area contributed by atoms with Crippen molar-refractivity contribution in [3.8, 4) is 23.0 Å². The summed E-state index contributed by atoms with van der Waals surface area (Å²) in [4.78, 5) is 0. The molecular weight excluding hydrogens is 717 g/mol. The van der Waals surface area contributed by atoms with Gasteiger partial charge in [-0.05, 0) is 97.9 Å². The van der Waals surface area contributed by atoms with Gasteiger partial charge in [0, 0.05) is 5.41 Å². The van der Waals surface area contributed by atoms with Gasteiger partial charge in [-0.1, -0.05) is 53.4 Å². The Labute approximate surface area is 292 Å². The third kappa shape index (κ3) is 9.82. The summed E-state index contributed by atoms with van der Waals surface area (Å²) in [6.07, 6.45) is 5.88. The maximum atomic E-state index is 13.0. The van der Waals surface area contributed by atoms with Crippen molar-refractivity contribution in [3.05, 3.63) is 46.5 Å². The summed E-state index contributed by atoms with van der Waals surface area (Å²) in [5, 5.41) is 0. The van der Waals surface area contributed by atoms with Gasteiger partial charge in [-0.25, -0.2) is 0 Å². The number of benzene rings is 2. The zero-order valence-corrected chi connectivity index (χ0v) is 31.9. The van der Waals surface area contributed by atoms with E-state index in [9.17, 15) is 33.7 Å². The fraction of sp³-hybridized carbons (Fsp3) is 0.636. The molecule has 2 aliphatic carbocycles. The van der Waals surface area contributed by atoms with Crippen molar-refractivity contribution in [3.63, 3.8) is 0 Å². The zero-order chi connectivity index (χ0) is 36.1. The first-order valence-corrected chi connectivity index (χ1v) is 23.3. The van der Waals surface area contributed by atoms with Crippen LogP contribution in [0.5, 0.6) is 23.0 Å². The highest BCUT2D eigenvalue weighted by Gasteiger charge is 2.47. The van der Waals surface area contributed by atoms with Crippen LogP contribution < -0.4 is 16.7 Å². The summed E-state index contributed by atoms with van der Waals surface area (Å²) in [6.45, 7) is 7.36. The molecule has 2 aromatic carbocycles. The molecule has 4 rings (SSSR count). The van der Waals surface area contributed by atoms with Crippen molar-refractivity contribution in [1.82, 2.24) is 0 Å². The van der Waals surface area contributed by atoms with Gasteiger partial charge < -0.3 is 16.7 Å². The molecule has 0 bridgehead atoms. The molecule has 0 aromatic heterocycles. The summed E-state index contributed by atoms with van der Waals surface area (Å²) in [7, 11) is -16.3. The van der Waals surface area contributed by atoms with Crippen LogP contribution in [0.1, 0.15) is 114 Å². The lowest BCUT2D eigenvalue weighted by molar-refractivity contribution is 0.444. The van der Waals surface area contributed by atoms with Gasteiger partial charge in [0.1, 0.15) is 0 Å². The lowest BCUT2D eigenvalue weighted by Crippen LogP contribution is -2.23. The molecule has 0 atom stereocenters. The largest absolute Gasteiger partial charge is 0.378 e. The highest BCUT2D eigenvalue weighted by molar-refractivity contribution is 7.87. The maximum absolute atomic E-state index is 13.0. The van der Waals surface area contributed by atoms with Gasteiger partial charge in [-0.2, -0.15) is 33.7 Å². The Kier molecular flexibility index (Phi) is 12.6. The van der Waals surface area contributed by atoms with Crippen LogP contribution in [0.25, 0.3) is 0 Å². The Morgan fingerprint density at radius 2 is 0.735 bits per heavy atom. The van der Waals surface area contributed by atoms with Crippen LogP contribution in [0, 0.1) is 0 Å². The summed E-state index contributed by atoms with van der Waals surface area (Å²) in [5.74, 6) is -1.95. The summed E-state index contributed by atoms with van der Waals surface area (Å²) >= 11 is 0. The van der Waals surface area contributed by atoms with E-state index in [1.165, 1.54) is 24.3 Å². The van der Waals surface area contributed by atoms with E-state index in [0.29, 0.717) is 88.2 Å². The standard InChI is InChI=1S/C33H48O12S4/c1-5-9-17-46(34,35)42-29-21-25-13-15-33(27(25)23-31(29)44-48(38,39)19-11-7-3)16-14-26-22-30(43-47(36,37)18-10-6-2)32(24-28(26)33)45-49(40,41)20-12-8-4/h21-24H,5-20H2,1-4H3. The second-order valence-electron chi connectivity index (χ2n) is 12.8. The van der Waals surface area contributed by atoms with Gasteiger partial charge in [0.25, 0.3) is 0 Å². The van der Waals surface area contributed by atoms with Crippen LogP contribution in [-0.4, -0.2) is 56.7 Å². The van der Waals surface area contributed by atoms with Crippen LogP contribution in [0.15, 0.2) is 24.3 Å². The number of fused-ring (bicyclic) bond motifs is 4. The minimum Gasteiger partial charge on any atom is -0.378 e. The van der Waals surface area contributed by atoms with Crippen molar-refractivity contribution in [2.75, 3.05) is 23.0 Å². The van der Waals surface area contributed by atoms with Crippen LogP contribution in [-0.2, 0) is 58.7 Å². The number of hydrogen-bond acceptors (Lipinski definition) is 12. The van der Waals surface area contributed by atoms with E-state index in [0.717, 1.165) is 11.1 Å². The van der Waals surface area contributed by atoms with Gasteiger partial charge in [0.05, 0.1) is 23.0 Å². The normalized spacial score (nSPS) is 15.6. The molecule has 12 nitrogen and oxygen atoms in total. The number of hydrogen-bond donors (Lipinski definition) is 0. The van der Waals surface area contributed by atoms with Gasteiger partial charge in [-0.3, -0.25) is 0 Å². The Balaban J connectivity index is 1.85. The summed E-state index contributed by atoms with van der Waals surface area (Å²) in [6, 6.07) is 6.06.